The van der Waals surface area contributed by atoms with Gasteiger partial charge in [-0.1, -0.05) is 206 Å². The van der Waals surface area contributed by atoms with Gasteiger partial charge in [0.15, 0.2) is 17.5 Å². The van der Waals surface area contributed by atoms with Crippen LogP contribution in [0.25, 0.3) is 87.7 Å². The molecule has 290 valence electrons. The van der Waals surface area contributed by atoms with E-state index < -0.39 is 5.41 Å². The van der Waals surface area contributed by atoms with E-state index in [-0.39, 0.29) is 0 Å². The van der Waals surface area contributed by atoms with Crippen LogP contribution in [0.15, 0.2) is 224 Å². The van der Waals surface area contributed by atoms with Crippen LogP contribution < -0.4 is 0 Å². The van der Waals surface area contributed by atoms with Gasteiger partial charge in [-0.2, -0.15) is 0 Å². The molecule has 0 N–H and O–H groups in total. The van der Waals surface area contributed by atoms with E-state index in [1.807, 2.05) is 17.4 Å². The lowest BCUT2D eigenvalue weighted by Crippen LogP contribution is -2.28. The number of nitrogens with zero attached hydrogens (tertiary/aromatic N) is 3. The van der Waals surface area contributed by atoms with Crippen molar-refractivity contribution in [2.45, 2.75) is 5.41 Å². The van der Waals surface area contributed by atoms with E-state index >= 15 is 0 Å². The molecular weight excluding hydrogens is 771 g/mol. The Balaban J connectivity index is 1.04. The predicted octanol–water partition coefficient (Wildman–Crippen LogP) is 14.9. The zero-order chi connectivity index (χ0) is 41.0. The van der Waals surface area contributed by atoms with Gasteiger partial charge < -0.3 is 0 Å². The quantitative estimate of drug-likeness (QED) is 0.161. The molecule has 11 aromatic rings. The molecule has 0 fully saturated rings. The lowest BCUT2D eigenvalue weighted by atomic mass is 9.67. The smallest absolute Gasteiger partial charge is 0.164 e. The summed E-state index contributed by atoms with van der Waals surface area (Å²) in [6.45, 7) is 0. The molecule has 0 aliphatic heterocycles. The molecule has 0 amide bonds. The standard InChI is InChI=1S/C58H37N3S/c1-4-16-38(17-5-1)41-18-14-19-42(36-41)56-59-55(40-32-30-39(31-33-40)46-26-15-27-50-49-25-11-13-29-53(49)62-54(46)50)60-57(61-56)43-34-35-48-47-24-10-12-28-51(47)58(52(48)37-43,44-20-6-2-7-21-44)45-22-8-3-9-23-45/h1-37H. The zero-order valence-electron chi connectivity index (χ0n) is 33.6. The minimum absolute atomic E-state index is 0.541. The average Bonchev–Trinajstić information content (AvgIpc) is 3.89. The van der Waals surface area contributed by atoms with Crippen LogP contribution in [0.1, 0.15) is 22.3 Å². The van der Waals surface area contributed by atoms with Gasteiger partial charge in [-0.25, -0.2) is 15.0 Å². The van der Waals surface area contributed by atoms with Crippen molar-refractivity contribution in [3.05, 3.63) is 247 Å². The van der Waals surface area contributed by atoms with Gasteiger partial charge in [-0.15, -0.1) is 11.3 Å². The number of fused-ring (bicyclic) bond motifs is 6. The summed E-state index contributed by atoms with van der Waals surface area (Å²) in [5.41, 5.74) is 14.3. The Kier molecular flexibility index (Phi) is 8.58. The Bertz CT molecular complexity index is 3410. The van der Waals surface area contributed by atoms with E-state index in [0.29, 0.717) is 17.5 Å². The lowest BCUT2D eigenvalue weighted by molar-refractivity contribution is 0.768. The van der Waals surface area contributed by atoms with Crippen molar-refractivity contribution in [3.8, 4) is 67.5 Å². The Morgan fingerprint density at radius 2 is 0.806 bits per heavy atom. The van der Waals surface area contributed by atoms with E-state index in [2.05, 4.69) is 218 Å². The monoisotopic (exact) mass is 807 g/mol. The van der Waals surface area contributed by atoms with Crippen LogP contribution in [0.3, 0.4) is 0 Å². The van der Waals surface area contributed by atoms with Crippen LogP contribution in [-0.4, -0.2) is 15.0 Å². The second-order valence-electron chi connectivity index (χ2n) is 15.9. The highest BCUT2D eigenvalue weighted by molar-refractivity contribution is 7.26. The summed E-state index contributed by atoms with van der Waals surface area (Å²) in [4.78, 5) is 15.8. The first-order valence-electron chi connectivity index (χ1n) is 21.0. The third-order valence-electron chi connectivity index (χ3n) is 12.4. The summed E-state index contributed by atoms with van der Waals surface area (Å²) >= 11 is 1.85. The minimum Gasteiger partial charge on any atom is -0.208 e. The first-order chi connectivity index (χ1) is 30.7. The van der Waals surface area contributed by atoms with Crippen molar-refractivity contribution in [1.29, 1.82) is 0 Å². The maximum Gasteiger partial charge on any atom is 0.164 e. The molecule has 0 unspecified atom stereocenters. The van der Waals surface area contributed by atoms with Crippen LogP contribution >= 0.6 is 11.3 Å². The lowest BCUT2D eigenvalue weighted by Gasteiger charge is -2.34. The Labute approximate surface area is 364 Å². The molecule has 0 saturated carbocycles. The molecule has 0 saturated heterocycles. The molecule has 0 radical (unpaired) electrons. The van der Waals surface area contributed by atoms with Gasteiger partial charge >= 0.3 is 0 Å². The highest BCUT2D eigenvalue weighted by Crippen LogP contribution is 2.56. The van der Waals surface area contributed by atoms with Crippen LogP contribution in [0.4, 0.5) is 0 Å². The molecule has 9 aromatic carbocycles. The summed E-state index contributed by atoms with van der Waals surface area (Å²) in [5.74, 6) is 1.88. The molecule has 62 heavy (non-hydrogen) atoms. The topological polar surface area (TPSA) is 38.7 Å². The summed E-state index contributed by atoms with van der Waals surface area (Å²) in [7, 11) is 0. The summed E-state index contributed by atoms with van der Waals surface area (Å²) in [6, 6.07) is 80.4. The fourth-order valence-corrected chi connectivity index (χ4v) is 10.8. The van der Waals surface area contributed by atoms with Gasteiger partial charge in [0, 0.05) is 36.9 Å². The van der Waals surface area contributed by atoms with Crippen molar-refractivity contribution < 1.29 is 0 Å². The van der Waals surface area contributed by atoms with Crippen LogP contribution in [0, 0.1) is 0 Å². The van der Waals surface area contributed by atoms with Crippen molar-refractivity contribution in [3.63, 3.8) is 0 Å². The molecule has 12 rings (SSSR count). The average molecular weight is 808 g/mol. The molecule has 3 nitrogen and oxygen atoms in total. The van der Waals surface area contributed by atoms with Gasteiger partial charge in [0.1, 0.15) is 0 Å². The fourth-order valence-electron chi connectivity index (χ4n) is 9.59. The van der Waals surface area contributed by atoms with Gasteiger partial charge in [0.05, 0.1) is 5.41 Å². The maximum absolute atomic E-state index is 5.31. The highest BCUT2D eigenvalue weighted by Gasteiger charge is 2.46. The van der Waals surface area contributed by atoms with E-state index in [9.17, 15) is 0 Å². The molecule has 1 aliphatic carbocycles. The van der Waals surface area contributed by atoms with E-state index in [1.165, 1.54) is 59.1 Å². The number of aromatic nitrogens is 3. The van der Waals surface area contributed by atoms with Gasteiger partial charge in [-0.3, -0.25) is 0 Å². The van der Waals surface area contributed by atoms with Crippen LogP contribution in [0.5, 0.6) is 0 Å². The number of benzene rings is 9. The summed E-state index contributed by atoms with van der Waals surface area (Å²) in [6.07, 6.45) is 0. The van der Waals surface area contributed by atoms with E-state index in [0.717, 1.165) is 33.4 Å². The molecule has 2 heterocycles. The van der Waals surface area contributed by atoms with E-state index in [4.69, 9.17) is 15.0 Å². The molecule has 0 spiro atoms. The number of thiophene rings is 1. The Morgan fingerprint density at radius 1 is 0.306 bits per heavy atom. The largest absolute Gasteiger partial charge is 0.208 e. The number of rotatable bonds is 7. The summed E-state index contributed by atoms with van der Waals surface area (Å²) in [5, 5.41) is 2.59. The fraction of sp³-hybridized carbons (Fsp3) is 0.0172. The SMILES string of the molecule is c1ccc(-c2cccc(-c3nc(-c4ccc(-c5cccc6c5sc5ccccc56)cc4)nc(-c4ccc5c(c4)C(c4ccccc4)(c4ccccc4)c4ccccc4-5)n3)c2)cc1. The third kappa shape index (κ3) is 5.83. The first-order valence-corrected chi connectivity index (χ1v) is 21.8. The van der Waals surface area contributed by atoms with Gasteiger partial charge in [0.2, 0.25) is 0 Å². The highest BCUT2D eigenvalue weighted by atomic mass is 32.1. The Hall–Kier alpha value is -7.79. The normalized spacial score (nSPS) is 12.6. The predicted molar refractivity (Wildman–Crippen MR) is 257 cm³/mol. The van der Waals surface area contributed by atoms with Crippen LogP contribution in [-0.2, 0) is 5.41 Å². The second kappa shape index (κ2) is 14.7. The molecule has 0 atom stereocenters. The first kappa shape index (κ1) is 36.1. The van der Waals surface area contributed by atoms with Crippen molar-refractivity contribution in [2.75, 3.05) is 0 Å². The van der Waals surface area contributed by atoms with Crippen molar-refractivity contribution in [1.82, 2.24) is 15.0 Å². The third-order valence-corrected chi connectivity index (χ3v) is 13.7. The molecule has 0 bridgehead atoms. The molecule has 2 aromatic heterocycles. The molecule has 4 heteroatoms. The van der Waals surface area contributed by atoms with Crippen molar-refractivity contribution >= 4 is 31.5 Å². The maximum atomic E-state index is 5.31. The molecular formula is C58H37N3S. The number of hydrogen-bond acceptors (Lipinski definition) is 4. The molecule has 1 aliphatic rings. The zero-order valence-corrected chi connectivity index (χ0v) is 34.4. The van der Waals surface area contributed by atoms with Crippen molar-refractivity contribution in [2.24, 2.45) is 0 Å². The van der Waals surface area contributed by atoms with Gasteiger partial charge in [-0.05, 0) is 73.8 Å². The van der Waals surface area contributed by atoms with E-state index in [1.54, 1.807) is 0 Å². The number of hydrogen-bond donors (Lipinski definition) is 0. The van der Waals surface area contributed by atoms with Crippen LogP contribution in [0.2, 0.25) is 0 Å². The minimum atomic E-state index is -0.541. The Morgan fingerprint density at radius 3 is 1.55 bits per heavy atom. The summed E-state index contributed by atoms with van der Waals surface area (Å²) < 4.78 is 2.60. The second-order valence-corrected chi connectivity index (χ2v) is 17.0. The van der Waals surface area contributed by atoms with Gasteiger partial charge in [0.25, 0.3) is 0 Å².